The van der Waals surface area contributed by atoms with Crippen molar-refractivity contribution in [3.05, 3.63) is 77.5 Å². The van der Waals surface area contributed by atoms with E-state index in [-0.39, 0.29) is 18.0 Å². The fourth-order valence-electron chi connectivity index (χ4n) is 4.14. The lowest BCUT2D eigenvalue weighted by atomic mass is 10.1. The van der Waals surface area contributed by atoms with Crippen LogP contribution in [0.2, 0.25) is 0 Å². The molecule has 3 aromatic carbocycles. The molecule has 0 aromatic heterocycles. The Bertz CT molecular complexity index is 1430. The van der Waals surface area contributed by atoms with Crippen LogP contribution in [0.25, 0.3) is 6.08 Å². The Morgan fingerprint density at radius 3 is 1.79 bits per heavy atom. The number of hydrogen-bond donors (Lipinski definition) is 1. The van der Waals surface area contributed by atoms with Crippen molar-refractivity contribution in [2.24, 2.45) is 0 Å². The minimum Gasteiger partial charge on any atom is -0.496 e. The summed E-state index contributed by atoms with van der Waals surface area (Å²) in [6, 6.07) is 11.9. The van der Waals surface area contributed by atoms with E-state index in [1.54, 1.807) is 55.7 Å². The number of nitrogens with one attached hydrogen (secondary N) is 1. The summed E-state index contributed by atoms with van der Waals surface area (Å²) in [5, 5.41) is 3.07. The summed E-state index contributed by atoms with van der Waals surface area (Å²) in [5.74, 6) is 2.85. The van der Waals surface area contributed by atoms with Crippen LogP contribution in [0.15, 0.2) is 60.8 Å². The lowest BCUT2D eigenvalue weighted by Crippen LogP contribution is -2.02. The Kier molecular flexibility index (Phi) is 11.2. The molecule has 0 saturated carbocycles. The van der Waals surface area contributed by atoms with Gasteiger partial charge >= 0.3 is 0 Å². The van der Waals surface area contributed by atoms with E-state index in [4.69, 9.17) is 33.2 Å². The maximum atomic E-state index is 12.9. The van der Waals surface area contributed by atoms with Gasteiger partial charge in [-0.1, -0.05) is 6.07 Å². The zero-order valence-electron chi connectivity index (χ0n) is 24.7. The van der Waals surface area contributed by atoms with E-state index in [1.165, 1.54) is 61.0 Å². The predicted octanol–water partition coefficient (Wildman–Crippen LogP) is 5.38. The molecule has 10 nitrogen and oxygen atoms in total. The molecule has 0 fully saturated rings. The molecule has 0 spiro atoms. The van der Waals surface area contributed by atoms with Crippen molar-refractivity contribution in [3.8, 4) is 40.2 Å². The van der Waals surface area contributed by atoms with Gasteiger partial charge in [-0.25, -0.2) is 0 Å². The average molecular weight is 578 g/mol. The van der Waals surface area contributed by atoms with Gasteiger partial charge in [-0.05, 0) is 42.0 Å². The number of anilines is 1. The van der Waals surface area contributed by atoms with Gasteiger partial charge in [0.05, 0.1) is 61.0 Å². The molecule has 222 valence electrons. The number of ether oxygens (including phenoxy) is 7. The van der Waals surface area contributed by atoms with Gasteiger partial charge < -0.3 is 38.5 Å². The third-order valence-electron chi connectivity index (χ3n) is 6.25. The van der Waals surface area contributed by atoms with Crippen LogP contribution < -0.4 is 38.5 Å². The highest BCUT2D eigenvalue weighted by atomic mass is 16.5. The molecule has 0 aliphatic carbocycles. The molecule has 0 saturated heterocycles. The summed E-state index contributed by atoms with van der Waals surface area (Å²) >= 11 is 0. The standard InChI is InChI=1S/C32H35NO9/c1-36-23-18-28(38-3)24(29(19-23)39-4)10-9-22(34)14-20-8-11-27(37-2)25(15-20)33-13-12-26(35)21-16-30(40-5)32(42-7)31(17-21)41-6/h8-13,15-19,33H,14H2,1-7H3/b10-9+,13-12-. The smallest absolute Gasteiger partial charge is 0.203 e. The van der Waals surface area contributed by atoms with Crippen LogP contribution in [0, 0.1) is 0 Å². The first-order chi connectivity index (χ1) is 20.3. The zero-order chi connectivity index (χ0) is 30.6. The van der Waals surface area contributed by atoms with Crippen LogP contribution in [0.1, 0.15) is 21.5 Å². The van der Waals surface area contributed by atoms with E-state index in [2.05, 4.69) is 5.32 Å². The van der Waals surface area contributed by atoms with Crippen LogP contribution in [-0.4, -0.2) is 61.3 Å². The number of carbonyl (C=O) groups excluding carboxylic acids is 2. The number of hydrogen-bond acceptors (Lipinski definition) is 10. The summed E-state index contributed by atoms with van der Waals surface area (Å²) in [6.45, 7) is 0. The Morgan fingerprint density at radius 2 is 1.26 bits per heavy atom. The first-order valence-corrected chi connectivity index (χ1v) is 12.8. The molecule has 0 atom stereocenters. The largest absolute Gasteiger partial charge is 0.496 e. The summed E-state index contributed by atoms with van der Waals surface area (Å²) in [6.07, 6.45) is 6.12. The summed E-state index contributed by atoms with van der Waals surface area (Å²) in [4.78, 5) is 25.7. The second-order valence-electron chi connectivity index (χ2n) is 8.71. The third kappa shape index (κ3) is 7.54. The highest BCUT2D eigenvalue weighted by Gasteiger charge is 2.16. The van der Waals surface area contributed by atoms with Gasteiger partial charge in [0.15, 0.2) is 23.1 Å². The lowest BCUT2D eigenvalue weighted by Gasteiger charge is -2.13. The number of allylic oxidation sites excluding steroid dienone is 2. The molecule has 1 N–H and O–H groups in total. The Balaban J connectivity index is 1.76. The Morgan fingerprint density at radius 1 is 0.667 bits per heavy atom. The van der Waals surface area contributed by atoms with Gasteiger partial charge in [-0.2, -0.15) is 0 Å². The fraction of sp³-hybridized carbons (Fsp3) is 0.250. The van der Waals surface area contributed by atoms with Crippen molar-refractivity contribution in [3.63, 3.8) is 0 Å². The molecule has 0 aliphatic heterocycles. The van der Waals surface area contributed by atoms with E-state index in [9.17, 15) is 9.59 Å². The number of ketones is 2. The first-order valence-electron chi connectivity index (χ1n) is 12.8. The summed E-state index contributed by atoms with van der Waals surface area (Å²) < 4.78 is 37.6. The van der Waals surface area contributed by atoms with Crippen molar-refractivity contribution in [2.45, 2.75) is 6.42 Å². The van der Waals surface area contributed by atoms with E-state index < -0.39 is 0 Å². The van der Waals surface area contributed by atoms with Gasteiger partial charge in [0.25, 0.3) is 0 Å². The molecule has 3 rings (SSSR count). The number of methoxy groups -OCH3 is 7. The van der Waals surface area contributed by atoms with Gasteiger partial charge in [0.1, 0.15) is 23.0 Å². The van der Waals surface area contributed by atoms with Crippen LogP contribution >= 0.6 is 0 Å². The van der Waals surface area contributed by atoms with Crippen molar-refractivity contribution >= 4 is 23.3 Å². The molecule has 0 aliphatic rings. The monoisotopic (exact) mass is 577 g/mol. The maximum absolute atomic E-state index is 12.9. The average Bonchev–Trinajstić information content (AvgIpc) is 3.02. The second-order valence-corrected chi connectivity index (χ2v) is 8.71. The summed E-state index contributed by atoms with van der Waals surface area (Å²) in [7, 11) is 10.6. The van der Waals surface area contributed by atoms with E-state index in [0.29, 0.717) is 57.1 Å². The molecule has 42 heavy (non-hydrogen) atoms. The maximum Gasteiger partial charge on any atom is 0.203 e. The zero-order valence-corrected chi connectivity index (χ0v) is 24.7. The van der Waals surface area contributed by atoms with Gasteiger partial charge in [0, 0.05) is 36.4 Å². The van der Waals surface area contributed by atoms with Crippen molar-refractivity contribution in [1.29, 1.82) is 0 Å². The molecule has 0 bridgehead atoms. The van der Waals surface area contributed by atoms with E-state index in [1.807, 2.05) is 0 Å². The molecule has 10 heteroatoms. The van der Waals surface area contributed by atoms with Crippen LogP contribution in [0.5, 0.6) is 40.2 Å². The van der Waals surface area contributed by atoms with E-state index in [0.717, 1.165) is 5.56 Å². The third-order valence-corrected chi connectivity index (χ3v) is 6.25. The van der Waals surface area contributed by atoms with Crippen molar-refractivity contribution in [1.82, 2.24) is 0 Å². The molecular formula is C32H35NO9. The molecule has 0 radical (unpaired) electrons. The van der Waals surface area contributed by atoms with Crippen LogP contribution in [0.3, 0.4) is 0 Å². The lowest BCUT2D eigenvalue weighted by molar-refractivity contribution is -0.113. The van der Waals surface area contributed by atoms with Gasteiger partial charge in [-0.3, -0.25) is 9.59 Å². The van der Waals surface area contributed by atoms with Crippen LogP contribution in [-0.2, 0) is 11.2 Å². The van der Waals surface area contributed by atoms with Gasteiger partial charge in [-0.15, -0.1) is 0 Å². The predicted molar refractivity (Wildman–Crippen MR) is 160 cm³/mol. The molecule has 0 amide bonds. The molecule has 0 heterocycles. The fourth-order valence-corrected chi connectivity index (χ4v) is 4.14. The highest BCUT2D eigenvalue weighted by Crippen LogP contribution is 2.38. The molecule has 0 unspecified atom stereocenters. The van der Waals surface area contributed by atoms with Gasteiger partial charge in [0.2, 0.25) is 5.75 Å². The quantitative estimate of drug-likeness (QED) is 0.187. The number of rotatable bonds is 15. The van der Waals surface area contributed by atoms with Crippen molar-refractivity contribution < 1.29 is 42.7 Å². The molecular weight excluding hydrogens is 542 g/mol. The van der Waals surface area contributed by atoms with E-state index >= 15 is 0 Å². The van der Waals surface area contributed by atoms with Crippen molar-refractivity contribution in [2.75, 3.05) is 55.1 Å². The highest BCUT2D eigenvalue weighted by molar-refractivity contribution is 6.05. The van der Waals surface area contributed by atoms with Crippen LogP contribution in [0.4, 0.5) is 5.69 Å². The Labute approximate surface area is 245 Å². The minimum absolute atomic E-state index is 0.129. The second kappa shape index (κ2) is 15.0. The number of carbonyl (C=O) groups is 2. The molecule has 3 aromatic rings. The minimum atomic E-state index is -0.290. The first kappa shape index (κ1) is 31.4. The summed E-state index contributed by atoms with van der Waals surface area (Å²) in [5.41, 5.74) is 2.30. The normalized spacial score (nSPS) is 10.8. The Hall–Kier alpha value is -5.12. The SMILES string of the molecule is COc1cc(OC)c(/C=C/C(=O)Cc2ccc(OC)c(N/C=C\C(=O)c3cc(OC)c(OC)c(OC)c3)c2)c(OC)c1. The number of benzene rings is 3. The topological polar surface area (TPSA) is 111 Å².